The van der Waals surface area contributed by atoms with Gasteiger partial charge in [-0.25, -0.2) is 0 Å². The molecule has 1 aromatic carbocycles. The molecule has 0 aliphatic carbocycles. The third kappa shape index (κ3) is 3.51. The molecule has 0 fully saturated rings. The maximum atomic E-state index is 5.60. The van der Waals surface area contributed by atoms with Gasteiger partial charge in [0.25, 0.3) is 0 Å². The van der Waals surface area contributed by atoms with Gasteiger partial charge >= 0.3 is 0 Å². The van der Waals surface area contributed by atoms with Gasteiger partial charge in [-0.3, -0.25) is 0 Å². The van der Waals surface area contributed by atoms with E-state index in [1.807, 2.05) is 56.6 Å². The largest absolute Gasteiger partial charge is 0.451 e. The van der Waals surface area contributed by atoms with Crippen molar-refractivity contribution < 1.29 is 4.42 Å². The molecule has 0 aliphatic rings. The van der Waals surface area contributed by atoms with E-state index in [0.29, 0.717) is 5.76 Å². The molecule has 2 nitrogen and oxygen atoms in total. The lowest BCUT2D eigenvalue weighted by atomic mass is 10.2. The van der Waals surface area contributed by atoms with Gasteiger partial charge in [0.2, 0.25) is 0 Å². The van der Waals surface area contributed by atoms with Crippen LogP contribution in [0.2, 0.25) is 0 Å². The van der Waals surface area contributed by atoms with Crippen molar-refractivity contribution >= 4 is 0 Å². The van der Waals surface area contributed by atoms with Gasteiger partial charge in [-0.1, -0.05) is 24.1 Å². The van der Waals surface area contributed by atoms with Crippen LogP contribution in [0.25, 0.3) is 0 Å². The zero-order valence-electron chi connectivity index (χ0n) is 10.1. The summed E-state index contributed by atoms with van der Waals surface area (Å²) in [6.45, 7) is 0.799. The van der Waals surface area contributed by atoms with Crippen molar-refractivity contribution in [2.75, 3.05) is 14.1 Å². The monoisotopic (exact) mass is 225 g/mol. The molecule has 1 heterocycles. The van der Waals surface area contributed by atoms with Crippen molar-refractivity contribution in [3.05, 3.63) is 59.5 Å². The third-order valence-electron chi connectivity index (χ3n) is 2.24. The molecule has 0 atom stereocenters. The average molecular weight is 225 g/mol. The summed E-state index contributed by atoms with van der Waals surface area (Å²) in [5.41, 5.74) is 0.998. The summed E-state index contributed by atoms with van der Waals surface area (Å²) in [5, 5.41) is 0. The molecule has 1 aromatic heterocycles. The zero-order chi connectivity index (χ0) is 12.1. The maximum absolute atomic E-state index is 5.60. The summed E-state index contributed by atoms with van der Waals surface area (Å²) in [6, 6.07) is 13.8. The highest BCUT2D eigenvalue weighted by molar-refractivity contribution is 5.39. The van der Waals surface area contributed by atoms with Crippen molar-refractivity contribution in [3.63, 3.8) is 0 Å². The minimum atomic E-state index is 0.714. The number of furan rings is 1. The molecular formula is C15H15NO. The van der Waals surface area contributed by atoms with E-state index in [1.54, 1.807) is 0 Å². The van der Waals surface area contributed by atoms with Gasteiger partial charge in [0.15, 0.2) is 5.76 Å². The summed E-state index contributed by atoms with van der Waals surface area (Å²) in [5.74, 6) is 7.74. The van der Waals surface area contributed by atoms with Crippen molar-refractivity contribution in [3.8, 4) is 11.8 Å². The standard InChI is InChI=1S/C15H15NO/c1-16(2)12-15-11-10-14(17-15)9-8-13-6-4-3-5-7-13/h3-7,10-11H,12H2,1-2H3. The lowest BCUT2D eigenvalue weighted by molar-refractivity contribution is 0.348. The number of benzene rings is 1. The minimum absolute atomic E-state index is 0.714. The Bertz CT molecular complexity index is 529. The summed E-state index contributed by atoms with van der Waals surface area (Å²) in [6.07, 6.45) is 0. The highest BCUT2D eigenvalue weighted by atomic mass is 16.3. The molecule has 0 bridgehead atoms. The highest BCUT2D eigenvalue weighted by Gasteiger charge is 2.00. The molecule has 0 saturated carbocycles. The van der Waals surface area contributed by atoms with E-state index in [4.69, 9.17) is 4.42 Å². The van der Waals surface area contributed by atoms with Crippen molar-refractivity contribution in [2.45, 2.75) is 6.54 Å². The van der Waals surface area contributed by atoms with E-state index < -0.39 is 0 Å². The second-order valence-corrected chi connectivity index (χ2v) is 4.12. The van der Waals surface area contributed by atoms with Gasteiger partial charge in [-0.15, -0.1) is 0 Å². The molecule has 2 heteroatoms. The van der Waals surface area contributed by atoms with Crippen LogP contribution in [0.4, 0.5) is 0 Å². The van der Waals surface area contributed by atoms with Crippen LogP contribution in [0, 0.1) is 11.8 Å². The molecule has 2 rings (SSSR count). The first kappa shape index (κ1) is 11.5. The molecule has 86 valence electrons. The molecule has 17 heavy (non-hydrogen) atoms. The van der Waals surface area contributed by atoms with E-state index in [2.05, 4.69) is 16.7 Å². The van der Waals surface area contributed by atoms with Crippen LogP contribution in [0.15, 0.2) is 46.9 Å². The van der Waals surface area contributed by atoms with Crippen LogP contribution in [-0.4, -0.2) is 19.0 Å². The van der Waals surface area contributed by atoms with Gasteiger partial charge in [-0.05, 0) is 44.3 Å². The number of nitrogens with zero attached hydrogens (tertiary/aromatic N) is 1. The SMILES string of the molecule is CN(C)Cc1ccc(C#Cc2ccccc2)o1. The molecule has 0 aliphatic heterocycles. The average Bonchev–Trinajstić information content (AvgIpc) is 2.75. The van der Waals surface area contributed by atoms with Crippen LogP contribution in [0.3, 0.4) is 0 Å². The Labute approximate surface area is 102 Å². The second kappa shape index (κ2) is 5.38. The third-order valence-corrected chi connectivity index (χ3v) is 2.24. The first-order valence-electron chi connectivity index (χ1n) is 5.54. The molecule has 0 saturated heterocycles. The lowest BCUT2D eigenvalue weighted by Gasteiger charge is -2.04. The predicted molar refractivity (Wildman–Crippen MR) is 68.5 cm³/mol. The fourth-order valence-corrected chi connectivity index (χ4v) is 1.50. The molecular weight excluding hydrogens is 210 g/mol. The zero-order valence-corrected chi connectivity index (χ0v) is 10.1. The predicted octanol–water partition coefficient (Wildman–Crippen LogP) is 2.74. The van der Waals surface area contributed by atoms with Crippen molar-refractivity contribution in [2.24, 2.45) is 0 Å². The highest BCUT2D eigenvalue weighted by Crippen LogP contribution is 2.08. The normalized spacial score (nSPS) is 10.1. The van der Waals surface area contributed by atoms with E-state index in [9.17, 15) is 0 Å². The van der Waals surface area contributed by atoms with Gasteiger partial charge in [0.05, 0.1) is 6.54 Å². The quantitative estimate of drug-likeness (QED) is 0.731. The Kier molecular flexibility index (Phi) is 3.64. The Balaban J connectivity index is 2.10. The second-order valence-electron chi connectivity index (χ2n) is 4.12. The topological polar surface area (TPSA) is 16.4 Å². The van der Waals surface area contributed by atoms with E-state index >= 15 is 0 Å². The Morgan fingerprint density at radius 2 is 1.76 bits per heavy atom. The van der Waals surface area contributed by atoms with Crippen molar-refractivity contribution in [1.29, 1.82) is 0 Å². The number of hydrogen-bond acceptors (Lipinski definition) is 2. The van der Waals surface area contributed by atoms with Gasteiger partial charge in [0.1, 0.15) is 5.76 Å². The fourth-order valence-electron chi connectivity index (χ4n) is 1.50. The summed E-state index contributed by atoms with van der Waals surface area (Å²) in [7, 11) is 4.02. The molecule has 0 radical (unpaired) electrons. The first-order valence-corrected chi connectivity index (χ1v) is 5.54. The van der Waals surface area contributed by atoms with Crippen LogP contribution < -0.4 is 0 Å². The molecule has 0 spiro atoms. The van der Waals surface area contributed by atoms with Crippen LogP contribution in [0.1, 0.15) is 17.1 Å². The lowest BCUT2D eigenvalue weighted by Crippen LogP contribution is -2.09. The smallest absolute Gasteiger partial charge is 0.177 e. The maximum Gasteiger partial charge on any atom is 0.177 e. The Hall–Kier alpha value is -1.98. The number of rotatable bonds is 2. The Morgan fingerprint density at radius 3 is 2.47 bits per heavy atom. The van der Waals surface area contributed by atoms with Gasteiger partial charge < -0.3 is 9.32 Å². The number of hydrogen-bond donors (Lipinski definition) is 0. The summed E-state index contributed by atoms with van der Waals surface area (Å²) in [4.78, 5) is 2.06. The van der Waals surface area contributed by atoms with Crippen LogP contribution >= 0.6 is 0 Å². The molecule has 0 N–H and O–H groups in total. The van der Waals surface area contributed by atoms with Gasteiger partial charge in [0, 0.05) is 5.56 Å². The van der Waals surface area contributed by atoms with Crippen LogP contribution in [0.5, 0.6) is 0 Å². The summed E-state index contributed by atoms with van der Waals surface area (Å²) >= 11 is 0. The fraction of sp³-hybridized carbons (Fsp3) is 0.200. The molecule has 2 aromatic rings. The van der Waals surface area contributed by atoms with E-state index in [-0.39, 0.29) is 0 Å². The molecule has 0 amide bonds. The Morgan fingerprint density at radius 1 is 1.00 bits per heavy atom. The first-order chi connectivity index (χ1) is 8.24. The molecule has 0 unspecified atom stereocenters. The van der Waals surface area contributed by atoms with Crippen molar-refractivity contribution in [1.82, 2.24) is 4.90 Å². The van der Waals surface area contributed by atoms with E-state index in [0.717, 1.165) is 17.9 Å². The summed E-state index contributed by atoms with van der Waals surface area (Å²) < 4.78 is 5.60. The minimum Gasteiger partial charge on any atom is -0.451 e. The van der Waals surface area contributed by atoms with E-state index in [1.165, 1.54) is 0 Å². The van der Waals surface area contributed by atoms with Gasteiger partial charge in [-0.2, -0.15) is 0 Å². The van der Waals surface area contributed by atoms with Crippen LogP contribution in [-0.2, 0) is 6.54 Å².